The lowest BCUT2D eigenvalue weighted by Gasteiger charge is -2.17. The van der Waals surface area contributed by atoms with E-state index in [1.54, 1.807) is 7.11 Å². The molecule has 2 aliphatic rings. The molecule has 2 saturated heterocycles. The maximum atomic E-state index is 11.3. The molecule has 3 rings (SSSR count). The normalized spacial score (nSPS) is 25.6. The van der Waals surface area contributed by atoms with Gasteiger partial charge in [-0.3, -0.25) is 4.79 Å². The molecule has 1 aromatic carbocycles. The van der Waals surface area contributed by atoms with Crippen LogP contribution in [0.4, 0.5) is 0 Å². The summed E-state index contributed by atoms with van der Waals surface area (Å²) in [5, 5.41) is 2.85. The summed E-state index contributed by atoms with van der Waals surface area (Å²) in [6.45, 7) is 1.43. The number of ether oxygens (including phenoxy) is 3. The second kappa shape index (κ2) is 5.71. The highest BCUT2D eigenvalue weighted by Gasteiger charge is 2.25. The van der Waals surface area contributed by atoms with E-state index in [0.29, 0.717) is 24.5 Å². The number of carbonyl (C=O) groups excluding carboxylic acids is 1. The summed E-state index contributed by atoms with van der Waals surface area (Å²) in [7, 11) is 1.62. The number of hydrogen-bond donors (Lipinski definition) is 1. The van der Waals surface area contributed by atoms with Crippen molar-refractivity contribution in [2.45, 2.75) is 31.5 Å². The maximum absolute atomic E-state index is 11.3. The fourth-order valence-corrected chi connectivity index (χ4v) is 2.66. The smallest absolute Gasteiger partial charge is 0.220 e. The lowest BCUT2D eigenvalue weighted by molar-refractivity contribution is -0.119. The SMILES string of the molecule is COc1ccc([C@H]2CNC(=O)C2)cc1OC1CCCO1. The predicted molar refractivity (Wildman–Crippen MR) is 73.0 cm³/mol. The van der Waals surface area contributed by atoms with Gasteiger partial charge >= 0.3 is 0 Å². The molecule has 2 fully saturated rings. The van der Waals surface area contributed by atoms with Gasteiger partial charge in [-0.1, -0.05) is 6.07 Å². The highest BCUT2D eigenvalue weighted by molar-refractivity contribution is 5.79. The number of carbonyl (C=O) groups is 1. The Balaban J connectivity index is 1.80. The van der Waals surface area contributed by atoms with Gasteiger partial charge < -0.3 is 19.5 Å². The molecule has 0 radical (unpaired) electrons. The third-order valence-corrected chi connectivity index (χ3v) is 3.78. The van der Waals surface area contributed by atoms with Gasteiger partial charge in [0.25, 0.3) is 0 Å². The molecule has 2 aliphatic heterocycles. The van der Waals surface area contributed by atoms with Crippen LogP contribution in [0.25, 0.3) is 0 Å². The molecule has 1 unspecified atom stereocenters. The van der Waals surface area contributed by atoms with E-state index in [2.05, 4.69) is 5.32 Å². The van der Waals surface area contributed by atoms with Crippen molar-refractivity contribution in [2.24, 2.45) is 0 Å². The van der Waals surface area contributed by atoms with Gasteiger partial charge in [0.05, 0.1) is 13.7 Å². The molecule has 20 heavy (non-hydrogen) atoms. The first-order valence-electron chi connectivity index (χ1n) is 6.99. The van der Waals surface area contributed by atoms with Crippen LogP contribution in [0.15, 0.2) is 18.2 Å². The van der Waals surface area contributed by atoms with Crippen molar-refractivity contribution in [3.63, 3.8) is 0 Å². The molecule has 1 aromatic rings. The first-order valence-corrected chi connectivity index (χ1v) is 6.99. The van der Waals surface area contributed by atoms with Crippen molar-refractivity contribution in [3.05, 3.63) is 23.8 Å². The molecule has 5 heteroatoms. The first-order chi connectivity index (χ1) is 9.76. The molecule has 1 N–H and O–H groups in total. The fraction of sp³-hybridized carbons (Fsp3) is 0.533. The van der Waals surface area contributed by atoms with Gasteiger partial charge in [0.1, 0.15) is 0 Å². The summed E-state index contributed by atoms with van der Waals surface area (Å²) in [5.74, 6) is 1.70. The Bertz CT molecular complexity index is 497. The van der Waals surface area contributed by atoms with Crippen LogP contribution < -0.4 is 14.8 Å². The molecule has 0 bridgehead atoms. The molecule has 0 aliphatic carbocycles. The van der Waals surface area contributed by atoms with E-state index in [9.17, 15) is 4.79 Å². The topological polar surface area (TPSA) is 56.8 Å². The van der Waals surface area contributed by atoms with E-state index in [1.165, 1.54) is 0 Å². The van der Waals surface area contributed by atoms with Gasteiger partial charge in [0.2, 0.25) is 5.91 Å². The Labute approximate surface area is 118 Å². The summed E-state index contributed by atoms with van der Waals surface area (Å²) in [4.78, 5) is 11.3. The standard InChI is InChI=1S/C15H19NO4/c1-18-12-5-4-10(11-8-14(17)16-9-11)7-13(12)20-15-3-2-6-19-15/h4-5,7,11,15H,2-3,6,8-9H2,1H3,(H,16,17)/t11-,15?/m1/s1. The molecule has 2 heterocycles. The average Bonchev–Trinajstić information content (AvgIpc) is 3.10. The Morgan fingerprint density at radius 1 is 1.35 bits per heavy atom. The van der Waals surface area contributed by atoms with Crippen molar-refractivity contribution in [2.75, 3.05) is 20.3 Å². The van der Waals surface area contributed by atoms with E-state index in [-0.39, 0.29) is 18.1 Å². The molecular weight excluding hydrogens is 258 g/mol. The van der Waals surface area contributed by atoms with Crippen molar-refractivity contribution in [3.8, 4) is 11.5 Å². The second-order valence-electron chi connectivity index (χ2n) is 5.18. The Kier molecular flexibility index (Phi) is 3.78. The number of rotatable bonds is 4. The largest absolute Gasteiger partial charge is 0.493 e. The zero-order valence-corrected chi connectivity index (χ0v) is 11.6. The quantitative estimate of drug-likeness (QED) is 0.912. The molecule has 0 aromatic heterocycles. The molecule has 0 saturated carbocycles. The Morgan fingerprint density at radius 2 is 2.25 bits per heavy atom. The summed E-state index contributed by atoms with van der Waals surface area (Å²) >= 11 is 0. The summed E-state index contributed by atoms with van der Waals surface area (Å²) < 4.78 is 16.7. The molecule has 2 atom stereocenters. The lowest BCUT2D eigenvalue weighted by atomic mass is 9.98. The number of amides is 1. The number of benzene rings is 1. The third kappa shape index (κ3) is 2.72. The van der Waals surface area contributed by atoms with Crippen LogP contribution in [-0.4, -0.2) is 32.5 Å². The van der Waals surface area contributed by atoms with Gasteiger partial charge in [-0.25, -0.2) is 0 Å². The van der Waals surface area contributed by atoms with E-state index in [1.807, 2.05) is 18.2 Å². The van der Waals surface area contributed by atoms with E-state index < -0.39 is 0 Å². The van der Waals surface area contributed by atoms with Crippen LogP contribution in [0, 0.1) is 0 Å². The van der Waals surface area contributed by atoms with Crippen LogP contribution >= 0.6 is 0 Å². The van der Waals surface area contributed by atoms with Crippen LogP contribution in [0.5, 0.6) is 11.5 Å². The zero-order chi connectivity index (χ0) is 13.9. The molecule has 1 amide bonds. The van der Waals surface area contributed by atoms with Crippen LogP contribution in [0.1, 0.15) is 30.7 Å². The minimum atomic E-state index is -0.192. The van der Waals surface area contributed by atoms with Gasteiger partial charge in [-0.15, -0.1) is 0 Å². The van der Waals surface area contributed by atoms with E-state index in [0.717, 1.165) is 25.0 Å². The number of methoxy groups -OCH3 is 1. The average molecular weight is 277 g/mol. The third-order valence-electron chi connectivity index (χ3n) is 3.78. The lowest BCUT2D eigenvalue weighted by Crippen LogP contribution is -2.15. The van der Waals surface area contributed by atoms with Crippen molar-refractivity contribution < 1.29 is 19.0 Å². The van der Waals surface area contributed by atoms with Crippen molar-refractivity contribution >= 4 is 5.91 Å². The van der Waals surface area contributed by atoms with Gasteiger partial charge in [-0.05, 0) is 24.1 Å². The zero-order valence-electron chi connectivity index (χ0n) is 11.6. The van der Waals surface area contributed by atoms with Crippen LogP contribution in [-0.2, 0) is 9.53 Å². The van der Waals surface area contributed by atoms with Gasteiger partial charge in [0, 0.05) is 25.3 Å². The van der Waals surface area contributed by atoms with Crippen LogP contribution in [0.3, 0.4) is 0 Å². The Hall–Kier alpha value is -1.75. The predicted octanol–water partition coefficient (Wildman–Crippen LogP) is 1.81. The van der Waals surface area contributed by atoms with Crippen molar-refractivity contribution in [1.82, 2.24) is 5.32 Å². The molecule has 5 nitrogen and oxygen atoms in total. The van der Waals surface area contributed by atoms with Gasteiger partial charge in [0.15, 0.2) is 17.8 Å². The monoisotopic (exact) mass is 277 g/mol. The summed E-state index contributed by atoms with van der Waals surface area (Å²) in [6, 6.07) is 5.85. The fourth-order valence-electron chi connectivity index (χ4n) is 2.66. The van der Waals surface area contributed by atoms with E-state index >= 15 is 0 Å². The van der Waals surface area contributed by atoms with Crippen LogP contribution in [0.2, 0.25) is 0 Å². The van der Waals surface area contributed by atoms with Gasteiger partial charge in [-0.2, -0.15) is 0 Å². The summed E-state index contributed by atoms with van der Waals surface area (Å²) in [5.41, 5.74) is 1.09. The highest BCUT2D eigenvalue weighted by atomic mass is 16.7. The van der Waals surface area contributed by atoms with Crippen molar-refractivity contribution in [1.29, 1.82) is 0 Å². The molecular formula is C15H19NO4. The van der Waals surface area contributed by atoms with E-state index in [4.69, 9.17) is 14.2 Å². The number of nitrogens with one attached hydrogen (secondary N) is 1. The molecule has 0 spiro atoms. The number of hydrogen-bond acceptors (Lipinski definition) is 4. The highest BCUT2D eigenvalue weighted by Crippen LogP contribution is 2.34. The minimum Gasteiger partial charge on any atom is -0.493 e. The minimum absolute atomic E-state index is 0.104. The summed E-state index contributed by atoms with van der Waals surface area (Å²) in [6.07, 6.45) is 2.26. The maximum Gasteiger partial charge on any atom is 0.220 e. The second-order valence-corrected chi connectivity index (χ2v) is 5.18. The molecule has 108 valence electrons. The Morgan fingerprint density at radius 3 is 2.90 bits per heavy atom. The first kappa shape index (κ1) is 13.2.